The minimum atomic E-state index is 0.681. The van der Waals surface area contributed by atoms with Gasteiger partial charge in [0, 0.05) is 17.5 Å². The van der Waals surface area contributed by atoms with Crippen molar-refractivity contribution in [1.29, 1.82) is 0 Å². The van der Waals surface area contributed by atoms with Gasteiger partial charge in [-0.25, -0.2) is 9.97 Å². The third kappa shape index (κ3) is 2.73. The Morgan fingerprint density at radius 1 is 0.960 bits per heavy atom. The van der Waals surface area contributed by atoms with Crippen LogP contribution in [0.15, 0.2) is 42.7 Å². The van der Waals surface area contributed by atoms with Gasteiger partial charge < -0.3 is 4.90 Å². The second kappa shape index (κ2) is 6.41. The normalized spacial score (nSPS) is 23.6. The van der Waals surface area contributed by atoms with Gasteiger partial charge in [-0.05, 0) is 43.2 Å². The molecule has 0 spiro atoms. The summed E-state index contributed by atoms with van der Waals surface area (Å²) in [6, 6.07) is 13.6. The average Bonchev–Trinajstić information content (AvgIpc) is 3.13. The molecule has 0 radical (unpaired) electrons. The molecule has 4 heteroatoms. The third-order valence-electron chi connectivity index (χ3n) is 5.88. The molecule has 1 saturated heterocycles. The minimum Gasteiger partial charge on any atom is -0.353 e. The van der Waals surface area contributed by atoms with Crippen LogP contribution in [-0.2, 0) is 0 Å². The summed E-state index contributed by atoms with van der Waals surface area (Å²) in [5.74, 6) is 2.03. The number of anilines is 1. The predicted octanol–water partition coefficient (Wildman–Crippen LogP) is 5.52. The van der Waals surface area contributed by atoms with E-state index in [1.54, 1.807) is 17.7 Å². The van der Waals surface area contributed by atoms with E-state index in [4.69, 9.17) is 4.98 Å². The molecule has 0 amide bonds. The Bertz CT molecular complexity index is 871. The Balaban J connectivity index is 1.58. The molecular weight excluding hydrogens is 326 g/mol. The van der Waals surface area contributed by atoms with Gasteiger partial charge in [-0.3, -0.25) is 0 Å². The zero-order valence-electron chi connectivity index (χ0n) is 14.4. The molecule has 128 valence electrons. The van der Waals surface area contributed by atoms with E-state index in [1.807, 2.05) is 0 Å². The van der Waals surface area contributed by atoms with Crippen LogP contribution in [0.3, 0.4) is 0 Å². The highest BCUT2D eigenvalue weighted by Gasteiger charge is 2.34. The molecule has 1 aliphatic heterocycles. The van der Waals surface area contributed by atoms with Crippen molar-refractivity contribution >= 4 is 27.4 Å². The highest BCUT2D eigenvalue weighted by Crippen LogP contribution is 2.41. The number of aromatic nitrogens is 2. The van der Waals surface area contributed by atoms with Gasteiger partial charge in [-0.1, -0.05) is 43.2 Å². The molecule has 1 aromatic carbocycles. The fourth-order valence-corrected chi connectivity index (χ4v) is 5.70. The zero-order valence-corrected chi connectivity index (χ0v) is 15.2. The maximum absolute atomic E-state index is 4.75. The van der Waals surface area contributed by atoms with Crippen LogP contribution in [0, 0.1) is 5.92 Å². The Morgan fingerprint density at radius 3 is 2.72 bits per heavy atom. The molecule has 2 atom stereocenters. The lowest BCUT2D eigenvalue weighted by molar-refractivity contribution is 0.243. The molecule has 0 N–H and O–H groups in total. The first-order chi connectivity index (χ1) is 12.4. The van der Waals surface area contributed by atoms with Crippen molar-refractivity contribution < 1.29 is 0 Å². The number of rotatable bonds is 2. The Morgan fingerprint density at radius 2 is 1.80 bits per heavy atom. The van der Waals surface area contributed by atoms with Crippen LogP contribution in [0.2, 0.25) is 0 Å². The fraction of sp³-hybridized carbons (Fsp3) is 0.429. The van der Waals surface area contributed by atoms with E-state index in [0.717, 1.165) is 17.3 Å². The second-order valence-corrected chi connectivity index (χ2v) is 8.37. The van der Waals surface area contributed by atoms with Crippen molar-refractivity contribution in [3.05, 3.63) is 42.7 Å². The molecule has 25 heavy (non-hydrogen) atoms. The Kier molecular flexibility index (Phi) is 3.93. The van der Waals surface area contributed by atoms with E-state index < -0.39 is 0 Å². The number of nitrogens with zero attached hydrogens (tertiary/aromatic N) is 3. The lowest BCUT2D eigenvalue weighted by atomic mass is 9.78. The maximum atomic E-state index is 4.75. The molecular formula is C21H23N3S. The lowest BCUT2D eigenvalue weighted by Crippen LogP contribution is -2.47. The molecule has 3 aromatic rings. The zero-order chi connectivity index (χ0) is 16.6. The van der Waals surface area contributed by atoms with Crippen LogP contribution < -0.4 is 4.90 Å². The number of hydrogen-bond acceptors (Lipinski definition) is 4. The summed E-state index contributed by atoms with van der Waals surface area (Å²) in [5, 5.41) is 1.23. The molecule has 0 bridgehead atoms. The van der Waals surface area contributed by atoms with Crippen molar-refractivity contribution in [2.75, 3.05) is 11.4 Å². The largest absolute Gasteiger partial charge is 0.353 e. The van der Waals surface area contributed by atoms with Crippen LogP contribution in [0.4, 0.5) is 5.82 Å². The van der Waals surface area contributed by atoms with Crippen molar-refractivity contribution in [2.45, 2.75) is 44.6 Å². The lowest BCUT2D eigenvalue weighted by Gasteiger charge is -2.44. The number of piperidine rings is 1. The minimum absolute atomic E-state index is 0.681. The summed E-state index contributed by atoms with van der Waals surface area (Å²) in [7, 11) is 0. The molecule has 2 unspecified atom stereocenters. The summed E-state index contributed by atoms with van der Waals surface area (Å²) in [6.07, 6.45) is 9.95. The van der Waals surface area contributed by atoms with Crippen LogP contribution in [0.25, 0.3) is 20.7 Å². The topological polar surface area (TPSA) is 29.0 Å². The third-order valence-corrected chi connectivity index (χ3v) is 6.97. The molecule has 1 aliphatic carbocycles. The summed E-state index contributed by atoms with van der Waals surface area (Å²) < 4.78 is 0. The Labute approximate surface area is 152 Å². The smallest absolute Gasteiger partial charge is 0.141 e. The van der Waals surface area contributed by atoms with Gasteiger partial charge in [0.25, 0.3) is 0 Å². The van der Waals surface area contributed by atoms with Crippen LogP contribution in [0.5, 0.6) is 0 Å². The predicted molar refractivity (Wildman–Crippen MR) is 105 cm³/mol. The molecule has 2 aliphatic rings. The van der Waals surface area contributed by atoms with Crippen molar-refractivity contribution in [3.63, 3.8) is 0 Å². The summed E-state index contributed by atoms with van der Waals surface area (Å²) >= 11 is 1.78. The summed E-state index contributed by atoms with van der Waals surface area (Å²) in [6.45, 7) is 1.14. The van der Waals surface area contributed by atoms with Gasteiger partial charge >= 0.3 is 0 Å². The first-order valence-electron chi connectivity index (χ1n) is 9.47. The molecule has 3 nitrogen and oxygen atoms in total. The molecule has 1 saturated carbocycles. The van der Waals surface area contributed by atoms with Gasteiger partial charge in [0.2, 0.25) is 0 Å². The van der Waals surface area contributed by atoms with E-state index in [1.165, 1.54) is 60.2 Å². The van der Waals surface area contributed by atoms with Crippen LogP contribution >= 0.6 is 11.3 Å². The number of hydrogen-bond donors (Lipinski definition) is 0. The van der Waals surface area contributed by atoms with E-state index in [-0.39, 0.29) is 0 Å². The van der Waals surface area contributed by atoms with Crippen LogP contribution in [0.1, 0.15) is 38.5 Å². The molecule has 3 heterocycles. The van der Waals surface area contributed by atoms with Crippen molar-refractivity contribution in [2.24, 2.45) is 5.92 Å². The number of benzene rings is 1. The maximum Gasteiger partial charge on any atom is 0.141 e. The molecule has 5 rings (SSSR count). The van der Waals surface area contributed by atoms with Crippen LogP contribution in [-0.4, -0.2) is 22.6 Å². The number of thiophene rings is 1. The van der Waals surface area contributed by atoms with E-state index in [9.17, 15) is 0 Å². The van der Waals surface area contributed by atoms with Gasteiger partial charge in [-0.15, -0.1) is 11.3 Å². The highest BCUT2D eigenvalue weighted by molar-refractivity contribution is 7.21. The van der Waals surface area contributed by atoms with Gasteiger partial charge in [0.05, 0.1) is 5.39 Å². The molecule has 2 fully saturated rings. The quantitative estimate of drug-likeness (QED) is 0.610. The fourth-order valence-electron chi connectivity index (χ4n) is 4.70. The standard InChI is InChI=1S/C21H23N3S/c1-2-8-16(9-3-1)19-13-17-20(22-14-23-21(17)25-19)24-12-6-10-15-7-4-5-11-18(15)24/h1-3,8-9,13-15,18H,4-7,10-12H2. The van der Waals surface area contributed by atoms with E-state index in [2.05, 4.69) is 46.3 Å². The average molecular weight is 350 g/mol. The van der Waals surface area contributed by atoms with Gasteiger partial charge in [0.15, 0.2) is 0 Å². The van der Waals surface area contributed by atoms with E-state index >= 15 is 0 Å². The summed E-state index contributed by atoms with van der Waals surface area (Å²) in [4.78, 5) is 14.3. The van der Waals surface area contributed by atoms with E-state index in [0.29, 0.717) is 6.04 Å². The monoisotopic (exact) mass is 349 g/mol. The Hall–Kier alpha value is -1.94. The first-order valence-corrected chi connectivity index (χ1v) is 10.3. The second-order valence-electron chi connectivity index (χ2n) is 7.34. The highest BCUT2D eigenvalue weighted by atomic mass is 32.1. The summed E-state index contributed by atoms with van der Waals surface area (Å²) in [5.41, 5.74) is 1.27. The van der Waals surface area contributed by atoms with Gasteiger partial charge in [0.1, 0.15) is 17.0 Å². The SMILES string of the molecule is c1ccc(-c2cc3c(N4CCCC5CCCCC54)ncnc3s2)cc1. The van der Waals surface area contributed by atoms with Crippen molar-refractivity contribution in [1.82, 2.24) is 9.97 Å². The van der Waals surface area contributed by atoms with Crippen molar-refractivity contribution in [3.8, 4) is 10.4 Å². The van der Waals surface area contributed by atoms with Gasteiger partial charge in [-0.2, -0.15) is 0 Å². The molecule has 2 aromatic heterocycles. The number of fused-ring (bicyclic) bond motifs is 2. The first kappa shape index (κ1) is 15.3.